The van der Waals surface area contributed by atoms with Crippen molar-refractivity contribution in [3.05, 3.63) is 82.3 Å². The predicted molar refractivity (Wildman–Crippen MR) is 143 cm³/mol. The van der Waals surface area contributed by atoms with Gasteiger partial charge in [-0.15, -0.1) is 10.2 Å². The molecular formula is C25H21Cl2N5O3S. The summed E-state index contributed by atoms with van der Waals surface area (Å²) in [5.41, 5.74) is 4.83. The van der Waals surface area contributed by atoms with Crippen LogP contribution in [0.5, 0.6) is 11.5 Å². The van der Waals surface area contributed by atoms with Crippen molar-refractivity contribution < 1.29 is 14.3 Å². The maximum atomic E-state index is 12.5. The predicted octanol–water partition coefficient (Wildman–Crippen LogP) is 5.50. The Kier molecular flexibility index (Phi) is 8.48. The van der Waals surface area contributed by atoms with E-state index < -0.39 is 0 Å². The molecule has 0 aliphatic carbocycles. The average Bonchev–Trinajstić information content (AvgIpc) is 3.32. The molecule has 0 spiro atoms. The molecule has 1 heterocycles. The third kappa shape index (κ3) is 5.99. The Bertz CT molecular complexity index is 1380. The zero-order chi connectivity index (χ0) is 25.5. The van der Waals surface area contributed by atoms with Gasteiger partial charge in [-0.2, -0.15) is 5.10 Å². The van der Waals surface area contributed by atoms with Crippen molar-refractivity contribution in [1.29, 1.82) is 0 Å². The fraction of sp³-hybridized carbons (Fsp3) is 0.120. The number of carbonyl (C=O) groups is 1. The number of rotatable bonds is 9. The minimum Gasteiger partial charge on any atom is -0.493 e. The van der Waals surface area contributed by atoms with Gasteiger partial charge in [0.2, 0.25) is 0 Å². The molecule has 184 valence electrons. The molecular weight excluding hydrogens is 521 g/mol. The molecule has 0 unspecified atom stereocenters. The Labute approximate surface area is 222 Å². The number of amides is 1. The molecule has 4 rings (SSSR count). The number of aromatic nitrogens is 3. The number of methoxy groups -OCH3 is 2. The van der Waals surface area contributed by atoms with E-state index in [9.17, 15) is 4.79 Å². The second kappa shape index (κ2) is 11.9. The van der Waals surface area contributed by atoms with E-state index in [1.807, 2.05) is 34.9 Å². The Morgan fingerprint density at radius 2 is 1.69 bits per heavy atom. The fourth-order valence-corrected chi connectivity index (χ4v) is 4.32. The third-order valence-electron chi connectivity index (χ3n) is 4.98. The number of para-hydroxylation sites is 1. The molecule has 1 amide bonds. The van der Waals surface area contributed by atoms with Gasteiger partial charge in [0.25, 0.3) is 5.91 Å². The van der Waals surface area contributed by atoms with E-state index in [0.29, 0.717) is 38.1 Å². The van der Waals surface area contributed by atoms with Crippen molar-refractivity contribution in [2.75, 3.05) is 20.0 Å². The zero-order valence-electron chi connectivity index (χ0n) is 19.3. The lowest BCUT2D eigenvalue weighted by molar-refractivity contribution is -0.118. The number of carbonyl (C=O) groups excluding carboxylic acids is 1. The molecule has 4 aromatic rings. The molecule has 3 aromatic carbocycles. The SMILES string of the molecule is COc1cccc(C=NNC(=O)CSc2nnc(-c3ccc(Cl)cc3)n2-c2ccc(Cl)cc2)c1OC. The summed E-state index contributed by atoms with van der Waals surface area (Å²) in [6, 6.07) is 20.0. The molecule has 11 heteroatoms. The summed E-state index contributed by atoms with van der Waals surface area (Å²) in [5.74, 6) is 1.47. The molecule has 0 saturated carbocycles. The standard InChI is InChI=1S/C25H21Cl2N5O3S/c1-34-21-5-3-4-17(23(21)35-2)14-28-29-22(33)15-36-25-31-30-24(16-6-8-18(26)9-7-16)32(25)20-12-10-19(27)11-13-20/h3-14H,15H2,1-2H3,(H,29,33). The summed E-state index contributed by atoms with van der Waals surface area (Å²) in [6.07, 6.45) is 1.50. The van der Waals surface area contributed by atoms with E-state index in [1.165, 1.54) is 18.0 Å². The van der Waals surface area contributed by atoms with Crippen molar-refractivity contribution in [3.8, 4) is 28.6 Å². The minimum absolute atomic E-state index is 0.0684. The highest BCUT2D eigenvalue weighted by Crippen LogP contribution is 2.30. The van der Waals surface area contributed by atoms with Gasteiger partial charge in [-0.3, -0.25) is 9.36 Å². The monoisotopic (exact) mass is 541 g/mol. The van der Waals surface area contributed by atoms with Crippen LogP contribution in [0.25, 0.3) is 17.1 Å². The maximum absolute atomic E-state index is 12.5. The number of halogens is 2. The highest BCUT2D eigenvalue weighted by atomic mass is 35.5. The van der Waals surface area contributed by atoms with Gasteiger partial charge < -0.3 is 9.47 Å². The first-order valence-electron chi connectivity index (χ1n) is 10.6. The molecule has 0 aliphatic heterocycles. The lowest BCUT2D eigenvalue weighted by Crippen LogP contribution is -2.20. The Hall–Kier alpha value is -3.53. The summed E-state index contributed by atoms with van der Waals surface area (Å²) in [5, 5.41) is 14.5. The van der Waals surface area contributed by atoms with E-state index >= 15 is 0 Å². The Morgan fingerprint density at radius 1 is 1.00 bits per heavy atom. The van der Waals surface area contributed by atoms with Crippen molar-refractivity contribution in [1.82, 2.24) is 20.2 Å². The zero-order valence-corrected chi connectivity index (χ0v) is 21.6. The van der Waals surface area contributed by atoms with Crippen LogP contribution in [0, 0.1) is 0 Å². The molecule has 36 heavy (non-hydrogen) atoms. The number of nitrogens with one attached hydrogen (secondary N) is 1. The molecule has 1 N–H and O–H groups in total. The van der Waals surface area contributed by atoms with Crippen molar-refractivity contribution in [3.63, 3.8) is 0 Å². The van der Waals surface area contributed by atoms with E-state index in [2.05, 4.69) is 20.7 Å². The highest BCUT2D eigenvalue weighted by Gasteiger charge is 2.17. The molecule has 0 saturated heterocycles. The second-order valence-corrected chi connectivity index (χ2v) is 9.10. The molecule has 1 aromatic heterocycles. The van der Waals surface area contributed by atoms with Crippen LogP contribution in [0.4, 0.5) is 0 Å². The highest BCUT2D eigenvalue weighted by molar-refractivity contribution is 7.99. The van der Waals surface area contributed by atoms with Crippen LogP contribution in [0.2, 0.25) is 10.0 Å². The van der Waals surface area contributed by atoms with Crippen LogP contribution in [-0.2, 0) is 4.79 Å². The second-order valence-electron chi connectivity index (χ2n) is 7.29. The lowest BCUT2D eigenvalue weighted by atomic mass is 10.2. The van der Waals surface area contributed by atoms with Crippen LogP contribution >= 0.6 is 35.0 Å². The molecule has 0 atom stereocenters. The van der Waals surface area contributed by atoms with Gasteiger partial charge in [0, 0.05) is 26.9 Å². The van der Waals surface area contributed by atoms with E-state index in [4.69, 9.17) is 32.7 Å². The fourth-order valence-electron chi connectivity index (χ4n) is 3.32. The summed E-state index contributed by atoms with van der Waals surface area (Å²) >= 11 is 13.4. The topological polar surface area (TPSA) is 90.6 Å². The normalized spacial score (nSPS) is 11.0. The number of hydrazone groups is 1. The maximum Gasteiger partial charge on any atom is 0.250 e. The van der Waals surface area contributed by atoms with Crippen LogP contribution in [0.3, 0.4) is 0 Å². The molecule has 0 fully saturated rings. The van der Waals surface area contributed by atoms with Crippen molar-refractivity contribution in [2.24, 2.45) is 5.10 Å². The van der Waals surface area contributed by atoms with Crippen LogP contribution in [0.1, 0.15) is 5.56 Å². The van der Waals surface area contributed by atoms with Crippen LogP contribution in [0.15, 0.2) is 77.0 Å². The lowest BCUT2D eigenvalue weighted by Gasteiger charge is -2.10. The number of hydrogen-bond donors (Lipinski definition) is 1. The number of benzene rings is 3. The molecule has 0 aliphatic rings. The third-order valence-corrected chi connectivity index (χ3v) is 6.41. The number of ether oxygens (including phenoxy) is 2. The van der Waals surface area contributed by atoms with E-state index in [0.717, 1.165) is 11.3 Å². The van der Waals surface area contributed by atoms with Crippen LogP contribution in [-0.4, -0.2) is 46.9 Å². The largest absolute Gasteiger partial charge is 0.493 e. The van der Waals surface area contributed by atoms with E-state index in [1.54, 1.807) is 50.6 Å². The van der Waals surface area contributed by atoms with Gasteiger partial charge in [0.1, 0.15) is 0 Å². The van der Waals surface area contributed by atoms with Gasteiger partial charge in [0.05, 0.1) is 26.2 Å². The van der Waals surface area contributed by atoms with Gasteiger partial charge in [-0.25, -0.2) is 5.43 Å². The van der Waals surface area contributed by atoms with Crippen molar-refractivity contribution in [2.45, 2.75) is 5.16 Å². The number of nitrogens with zero attached hydrogens (tertiary/aromatic N) is 4. The number of thioether (sulfide) groups is 1. The first-order chi connectivity index (χ1) is 17.5. The van der Waals surface area contributed by atoms with Gasteiger partial charge in [-0.1, -0.05) is 41.0 Å². The van der Waals surface area contributed by atoms with Crippen molar-refractivity contribution >= 4 is 47.1 Å². The molecule has 8 nitrogen and oxygen atoms in total. The first kappa shape index (κ1) is 25.6. The van der Waals surface area contributed by atoms with E-state index in [-0.39, 0.29) is 11.7 Å². The first-order valence-corrected chi connectivity index (χ1v) is 12.4. The summed E-state index contributed by atoms with van der Waals surface area (Å²) in [7, 11) is 3.10. The average molecular weight is 542 g/mol. The molecule has 0 radical (unpaired) electrons. The number of hydrogen-bond acceptors (Lipinski definition) is 7. The summed E-state index contributed by atoms with van der Waals surface area (Å²) in [4.78, 5) is 12.5. The van der Waals surface area contributed by atoms with Gasteiger partial charge >= 0.3 is 0 Å². The van der Waals surface area contributed by atoms with Gasteiger partial charge in [-0.05, 0) is 60.7 Å². The Balaban J connectivity index is 1.50. The molecule has 0 bridgehead atoms. The summed E-state index contributed by atoms with van der Waals surface area (Å²) in [6.45, 7) is 0. The smallest absolute Gasteiger partial charge is 0.250 e. The minimum atomic E-state index is -0.309. The quantitative estimate of drug-likeness (QED) is 0.171. The van der Waals surface area contributed by atoms with Gasteiger partial charge in [0.15, 0.2) is 22.5 Å². The van der Waals surface area contributed by atoms with Crippen LogP contribution < -0.4 is 14.9 Å². The summed E-state index contributed by atoms with van der Waals surface area (Å²) < 4.78 is 12.5. The Morgan fingerprint density at radius 3 is 2.36 bits per heavy atom.